The number of hydrogen-bond acceptors (Lipinski definition) is 8. The highest BCUT2D eigenvalue weighted by Crippen LogP contribution is 2.22. The van der Waals surface area contributed by atoms with Gasteiger partial charge in [0, 0.05) is 49.1 Å². The molecule has 2 aromatic rings. The van der Waals surface area contributed by atoms with Gasteiger partial charge in [-0.2, -0.15) is 4.31 Å². The molecule has 1 fully saturated rings. The topological polar surface area (TPSA) is 128 Å². The number of nitro benzene ring substituents is 1. The van der Waals surface area contributed by atoms with Gasteiger partial charge in [-0.1, -0.05) is 12.1 Å². The van der Waals surface area contributed by atoms with Crippen LogP contribution in [0.25, 0.3) is 11.4 Å². The first-order valence-electron chi connectivity index (χ1n) is 9.62. The molecule has 2 atom stereocenters. The molecule has 0 radical (unpaired) electrons. The Labute approximate surface area is 175 Å². The van der Waals surface area contributed by atoms with Gasteiger partial charge in [-0.05, 0) is 20.8 Å². The SMILES string of the molecule is Cc1cc(NCCS(=O)(=O)N2C[C@H](C)O[C@@H](C)C2)nc(-c2cccc([N+](=O)[O-])c2)n1. The summed E-state index contributed by atoms with van der Waals surface area (Å²) in [6, 6.07) is 7.77. The molecule has 1 N–H and O–H groups in total. The Kier molecular flexibility index (Phi) is 6.64. The molecule has 1 aliphatic rings. The van der Waals surface area contributed by atoms with E-state index in [0.717, 1.165) is 0 Å². The second kappa shape index (κ2) is 9.02. The van der Waals surface area contributed by atoms with E-state index in [2.05, 4.69) is 15.3 Å². The monoisotopic (exact) mass is 435 g/mol. The highest BCUT2D eigenvalue weighted by atomic mass is 32.2. The zero-order valence-corrected chi connectivity index (χ0v) is 17.9. The van der Waals surface area contributed by atoms with Crippen molar-refractivity contribution < 1.29 is 18.1 Å². The van der Waals surface area contributed by atoms with E-state index in [1.807, 2.05) is 13.8 Å². The third-order valence-corrected chi connectivity index (χ3v) is 6.42. The maximum atomic E-state index is 12.7. The number of morpholine rings is 1. The summed E-state index contributed by atoms with van der Waals surface area (Å²) in [5.41, 5.74) is 1.12. The van der Waals surface area contributed by atoms with Crippen molar-refractivity contribution in [2.45, 2.75) is 33.0 Å². The van der Waals surface area contributed by atoms with Crippen LogP contribution < -0.4 is 5.32 Å². The molecule has 2 heterocycles. The fraction of sp³-hybridized carbons (Fsp3) is 0.474. The van der Waals surface area contributed by atoms with E-state index in [1.54, 1.807) is 25.1 Å². The van der Waals surface area contributed by atoms with Gasteiger partial charge in [0.15, 0.2) is 5.82 Å². The second-order valence-electron chi connectivity index (χ2n) is 7.34. The van der Waals surface area contributed by atoms with E-state index < -0.39 is 14.9 Å². The number of aryl methyl sites for hydroxylation is 1. The van der Waals surface area contributed by atoms with E-state index in [0.29, 0.717) is 36.0 Å². The molecule has 0 spiro atoms. The standard InChI is InChI=1S/C19H25N5O5S/c1-13-9-18(22-19(21-13)16-5-4-6-17(10-16)24(25)26)20-7-8-30(27,28)23-11-14(2)29-15(3)12-23/h4-6,9-10,14-15H,7-8,11-12H2,1-3H3,(H,20,21,22)/t14-,15-/m0/s1. The lowest BCUT2D eigenvalue weighted by Crippen LogP contribution is -2.49. The number of aromatic nitrogens is 2. The summed E-state index contributed by atoms with van der Waals surface area (Å²) in [5, 5.41) is 14.0. The fourth-order valence-corrected chi connectivity index (χ4v) is 4.83. The van der Waals surface area contributed by atoms with Crippen LogP contribution >= 0.6 is 0 Å². The number of hydrogen-bond donors (Lipinski definition) is 1. The summed E-state index contributed by atoms with van der Waals surface area (Å²) in [6.45, 7) is 6.35. The van der Waals surface area contributed by atoms with Crippen LogP contribution in [0.1, 0.15) is 19.5 Å². The van der Waals surface area contributed by atoms with Crippen LogP contribution in [-0.2, 0) is 14.8 Å². The third-order valence-electron chi connectivity index (χ3n) is 4.62. The smallest absolute Gasteiger partial charge is 0.270 e. The molecule has 3 rings (SSSR count). The first-order chi connectivity index (χ1) is 14.1. The number of sulfonamides is 1. The molecule has 30 heavy (non-hydrogen) atoms. The minimum absolute atomic E-state index is 0.0489. The predicted molar refractivity (Wildman–Crippen MR) is 113 cm³/mol. The maximum absolute atomic E-state index is 12.7. The summed E-state index contributed by atoms with van der Waals surface area (Å²) in [5.74, 6) is 0.713. The zero-order chi connectivity index (χ0) is 21.9. The van der Waals surface area contributed by atoms with Crippen molar-refractivity contribution in [3.63, 3.8) is 0 Å². The summed E-state index contributed by atoms with van der Waals surface area (Å²) in [7, 11) is -3.43. The van der Waals surface area contributed by atoms with Crippen LogP contribution in [-0.4, -0.2) is 65.2 Å². The van der Waals surface area contributed by atoms with Crippen LogP contribution in [0.2, 0.25) is 0 Å². The Morgan fingerprint density at radius 2 is 1.93 bits per heavy atom. The molecule has 10 nitrogen and oxygen atoms in total. The van der Waals surface area contributed by atoms with Crippen molar-refractivity contribution in [1.82, 2.24) is 14.3 Å². The molecule has 1 aromatic carbocycles. The summed E-state index contributed by atoms with van der Waals surface area (Å²) in [4.78, 5) is 19.3. The lowest BCUT2D eigenvalue weighted by molar-refractivity contribution is -0.384. The van der Waals surface area contributed by atoms with E-state index in [1.165, 1.54) is 16.4 Å². The van der Waals surface area contributed by atoms with Gasteiger partial charge in [0.05, 0.1) is 22.9 Å². The summed E-state index contributed by atoms with van der Waals surface area (Å²) >= 11 is 0. The van der Waals surface area contributed by atoms with Gasteiger partial charge >= 0.3 is 0 Å². The van der Waals surface area contributed by atoms with Crippen LogP contribution in [0.15, 0.2) is 30.3 Å². The van der Waals surface area contributed by atoms with Crippen molar-refractivity contribution >= 4 is 21.5 Å². The number of anilines is 1. The molecule has 0 aliphatic carbocycles. The maximum Gasteiger partial charge on any atom is 0.270 e. The van der Waals surface area contributed by atoms with Crippen molar-refractivity contribution in [3.8, 4) is 11.4 Å². The predicted octanol–water partition coefficient (Wildman–Crippen LogP) is 2.21. The van der Waals surface area contributed by atoms with Gasteiger partial charge < -0.3 is 10.1 Å². The summed E-state index contributed by atoms with van der Waals surface area (Å²) in [6.07, 6.45) is -0.281. The van der Waals surface area contributed by atoms with Gasteiger partial charge in [0.1, 0.15) is 5.82 Å². The molecular weight excluding hydrogens is 410 g/mol. The van der Waals surface area contributed by atoms with Crippen molar-refractivity contribution in [1.29, 1.82) is 0 Å². The minimum atomic E-state index is -3.43. The minimum Gasteiger partial charge on any atom is -0.373 e. The number of benzene rings is 1. The Hall–Kier alpha value is -2.63. The normalized spacial score (nSPS) is 20.1. The van der Waals surface area contributed by atoms with Crippen molar-refractivity contribution in [2.24, 2.45) is 0 Å². The number of rotatable bonds is 7. The number of non-ortho nitro benzene ring substituents is 1. The van der Waals surface area contributed by atoms with Gasteiger partial charge in [-0.3, -0.25) is 10.1 Å². The number of ether oxygens (including phenoxy) is 1. The van der Waals surface area contributed by atoms with Gasteiger partial charge in [0.25, 0.3) is 5.69 Å². The zero-order valence-electron chi connectivity index (χ0n) is 17.1. The molecule has 1 aliphatic heterocycles. The molecule has 0 bridgehead atoms. The number of nitrogens with zero attached hydrogens (tertiary/aromatic N) is 4. The molecule has 162 valence electrons. The fourth-order valence-electron chi connectivity index (χ4n) is 3.34. The largest absolute Gasteiger partial charge is 0.373 e. The average Bonchev–Trinajstić information content (AvgIpc) is 2.67. The van der Waals surface area contributed by atoms with Crippen LogP contribution in [0, 0.1) is 17.0 Å². The van der Waals surface area contributed by atoms with Crippen LogP contribution in [0.5, 0.6) is 0 Å². The lowest BCUT2D eigenvalue weighted by Gasteiger charge is -2.34. The van der Waals surface area contributed by atoms with E-state index in [9.17, 15) is 18.5 Å². The molecule has 0 saturated carbocycles. The summed E-state index contributed by atoms with van der Waals surface area (Å²) < 4.78 is 32.4. The van der Waals surface area contributed by atoms with Gasteiger partial charge in [-0.25, -0.2) is 18.4 Å². The molecular formula is C19H25N5O5S. The number of nitro groups is 1. The molecule has 1 saturated heterocycles. The quantitative estimate of drug-likeness (QED) is 0.518. The second-order valence-corrected chi connectivity index (χ2v) is 9.43. The molecule has 0 unspecified atom stereocenters. The molecule has 0 amide bonds. The van der Waals surface area contributed by atoms with Crippen LogP contribution in [0.3, 0.4) is 0 Å². The highest BCUT2D eigenvalue weighted by Gasteiger charge is 2.30. The third kappa shape index (κ3) is 5.49. The van der Waals surface area contributed by atoms with Gasteiger partial charge in [0.2, 0.25) is 10.0 Å². The lowest BCUT2D eigenvalue weighted by atomic mass is 10.2. The number of nitrogens with one attached hydrogen (secondary N) is 1. The van der Waals surface area contributed by atoms with Crippen LogP contribution in [0.4, 0.5) is 11.5 Å². The first kappa shape index (κ1) is 22.1. The van der Waals surface area contributed by atoms with E-state index in [4.69, 9.17) is 4.74 Å². The first-order valence-corrected chi connectivity index (χ1v) is 11.2. The van der Waals surface area contributed by atoms with Gasteiger partial charge in [-0.15, -0.1) is 0 Å². The molecule has 11 heteroatoms. The van der Waals surface area contributed by atoms with E-state index in [-0.39, 0.29) is 30.2 Å². The Bertz CT molecular complexity index is 1020. The van der Waals surface area contributed by atoms with Crippen molar-refractivity contribution in [2.75, 3.05) is 30.7 Å². The Morgan fingerprint density at radius 3 is 2.60 bits per heavy atom. The van der Waals surface area contributed by atoms with E-state index >= 15 is 0 Å². The Morgan fingerprint density at radius 1 is 1.23 bits per heavy atom. The average molecular weight is 436 g/mol. The Balaban J connectivity index is 1.69. The highest BCUT2D eigenvalue weighted by molar-refractivity contribution is 7.89. The van der Waals surface area contributed by atoms with Crippen molar-refractivity contribution in [3.05, 3.63) is 46.1 Å². The molecule has 1 aromatic heterocycles.